The summed E-state index contributed by atoms with van der Waals surface area (Å²) in [6, 6.07) is 6.58. The highest BCUT2D eigenvalue weighted by atomic mass is 16.5. The van der Waals surface area contributed by atoms with E-state index in [9.17, 15) is 5.11 Å². The van der Waals surface area contributed by atoms with Crippen LogP contribution in [0.1, 0.15) is 16.7 Å². The van der Waals surface area contributed by atoms with Crippen LogP contribution in [-0.4, -0.2) is 67.5 Å². The Morgan fingerprint density at radius 3 is 2.62 bits per heavy atom. The summed E-state index contributed by atoms with van der Waals surface area (Å²) in [5.41, 5.74) is 3.96. The Labute approximate surface area is 128 Å². The molecule has 1 aliphatic rings. The number of rotatable bonds is 6. The van der Waals surface area contributed by atoms with Crippen molar-refractivity contribution in [2.24, 2.45) is 0 Å². The number of morpholine rings is 1. The van der Waals surface area contributed by atoms with Crippen LogP contribution in [0, 0.1) is 13.8 Å². The molecule has 0 aromatic heterocycles. The lowest BCUT2D eigenvalue weighted by atomic mass is 10.1. The van der Waals surface area contributed by atoms with Crippen LogP contribution in [0.25, 0.3) is 0 Å². The third-order valence-corrected chi connectivity index (χ3v) is 4.12. The summed E-state index contributed by atoms with van der Waals surface area (Å²) in [6.07, 6.45) is -0.306. The Bertz CT molecular complexity index is 444. The second kappa shape index (κ2) is 7.90. The minimum atomic E-state index is -0.306. The van der Waals surface area contributed by atoms with E-state index < -0.39 is 0 Å². The van der Waals surface area contributed by atoms with Gasteiger partial charge in [0.2, 0.25) is 0 Å². The second-order valence-corrected chi connectivity index (χ2v) is 6.18. The lowest BCUT2D eigenvalue weighted by Crippen LogP contribution is -2.43. The standard InChI is InChI=1S/C17H28N2O2/c1-14-4-5-16(10-15(14)2)11-18(3)12-17(20)13-19-6-8-21-9-7-19/h4-5,10,17,20H,6-9,11-13H2,1-3H3. The van der Waals surface area contributed by atoms with E-state index in [1.54, 1.807) is 0 Å². The van der Waals surface area contributed by atoms with Gasteiger partial charge in [-0.25, -0.2) is 0 Å². The zero-order chi connectivity index (χ0) is 15.2. The van der Waals surface area contributed by atoms with E-state index in [4.69, 9.17) is 4.74 Å². The van der Waals surface area contributed by atoms with Crippen LogP contribution >= 0.6 is 0 Å². The minimum Gasteiger partial charge on any atom is -0.390 e. The number of ether oxygens (including phenoxy) is 1. The predicted molar refractivity (Wildman–Crippen MR) is 85.5 cm³/mol. The summed E-state index contributed by atoms with van der Waals surface area (Å²) in [7, 11) is 2.07. The first-order chi connectivity index (χ1) is 10.0. The SMILES string of the molecule is Cc1ccc(CN(C)CC(O)CN2CCOCC2)cc1C. The van der Waals surface area contributed by atoms with Crippen molar-refractivity contribution in [3.8, 4) is 0 Å². The quantitative estimate of drug-likeness (QED) is 0.860. The van der Waals surface area contributed by atoms with E-state index in [1.165, 1.54) is 16.7 Å². The van der Waals surface area contributed by atoms with Crippen molar-refractivity contribution in [2.45, 2.75) is 26.5 Å². The van der Waals surface area contributed by atoms with Gasteiger partial charge in [-0.1, -0.05) is 18.2 Å². The number of aliphatic hydroxyl groups excluding tert-OH is 1. The fourth-order valence-corrected chi connectivity index (χ4v) is 2.78. The van der Waals surface area contributed by atoms with Crippen LogP contribution < -0.4 is 0 Å². The fraction of sp³-hybridized carbons (Fsp3) is 0.647. The van der Waals surface area contributed by atoms with Gasteiger partial charge < -0.3 is 9.84 Å². The molecule has 1 fully saturated rings. The molecular formula is C17H28N2O2. The monoisotopic (exact) mass is 292 g/mol. The van der Waals surface area contributed by atoms with Crippen molar-refractivity contribution < 1.29 is 9.84 Å². The van der Waals surface area contributed by atoms with E-state index >= 15 is 0 Å². The molecule has 1 unspecified atom stereocenters. The maximum Gasteiger partial charge on any atom is 0.0793 e. The molecule has 4 nitrogen and oxygen atoms in total. The van der Waals surface area contributed by atoms with Crippen molar-refractivity contribution >= 4 is 0 Å². The summed E-state index contributed by atoms with van der Waals surface area (Å²) in [4.78, 5) is 4.47. The van der Waals surface area contributed by atoms with Crippen molar-refractivity contribution in [2.75, 3.05) is 46.4 Å². The van der Waals surface area contributed by atoms with Gasteiger partial charge in [0.1, 0.15) is 0 Å². The molecule has 1 N–H and O–H groups in total. The highest BCUT2D eigenvalue weighted by Gasteiger charge is 2.16. The number of hydrogen-bond donors (Lipinski definition) is 1. The summed E-state index contributed by atoms with van der Waals surface area (Å²) in [5.74, 6) is 0. The molecule has 0 aliphatic carbocycles. The normalized spacial score (nSPS) is 18.1. The van der Waals surface area contributed by atoms with E-state index in [1.807, 2.05) is 0 Å². The van der Waals surface area contributed by atoms with Crippen LogP contribution in [0.15, 0.2) is 18.2 Å². The van der Waals surface area contributed by atoms with Crippen molar-refractivity contribution in [3.63, 3.8) is 0 Å². The molecule has 0 saturated carbocycles. The molecule has 2 rings (SSSR count). The van der Waals surface area contributed by atoms with E-state index in [0.717, 1.165) is 39.4 Å². The summed E-state index contributed by atoms with van der Waals surface area (Å²) in [6.45, 7) is 10.0. The number of β-amino-alcohol motifs (C(OH)–C–C–N with tert-alkyl or cyclic N) is 1. The Kier molecular flexibility index (Phi) is 6.18. The topological polar surface area (TPSA) is 35.9 Å². The molecule has 21 heavy (non-hydrogen) atoms. The number of hydrogen-bond acceptors (Lipinski definition) is 4. The largest absolute Gasteiger partial charge is 0.390 e. The van der Waals surface area contributed by atoms with Gasteiger partial charge in [-0.3, -0.25) is 9.80 Å². The van der Waals surface area contributed by atoms with Crippen LogP contribution in [0.2, 0.25) is 0 Å². The van der Waals surface area contributed by atoms with E-state index in [0.29, 0.717) is 6.54 Å². The van der Waals surface area contributed by atoms with Crippen LogP contribution in [0.5, 0.6) is 0 Å². The molecule has 0 spiro atoms. The molecule has 0 radical (unpaired) electrons. The molecule has 1 aromatic rings. The Balaban J connectivity index is 1.77. The number of benzene rings is 1. The van der Waals surface area contributed by atoms with Gasteiger partial charge in [0.05, 0.1) is 19.3 Å². The zero-order valence-corrected chi connectivity index (χ0v) is 13.5. The molecule has 1 aromatic carbocycles. The Morgan fingerprint density at radius 1 is 1.24 bits per heavy atom. The molecule has 118 valence electrons. The van der Waals surface area contributed by atoms with Gasteiger partial charge in [-0.05, 0) is 37.6 Å². The zero-order valence-electron chi connectivity index (χ0n) is 13.5. The molecular weight excluding hydrogens is 264 g/mol. The van der Waals surface area contributed by atoms with Crippen LogP contribution in [-0.2, 0) is 11.3 Å². The summed E-state index contributed by atoms with van der Waals surface area (Å²) >= 11 is 0. The first-order valence-corrected chi connectivity index (χ1v) is 7.77. The second-order valence-electron chi connectivity index (χ2n) is 6.18. The van der Waals surface area contributed by atoms with Crippen molar-refractivity contribution in [1.29, 1.82) is 0 Å². The molecule has 0 bridgehead atoms. The van der Waals surface area contributed by atoms with Gasteiger partial charge in [0, 0.05) is 32.7 Å². The third-order valence-electron chi connectivity index (χ3n) is 4.12. The molecule has 0 amide bonds. The number of aryl methyl sites for hydroxylation is 2. The first kappa shape index (κ1) is 16.4. The molecule has 1 atom stereocenters. The fourth-order valence-electron chi connectivity index (χ4n) is 2.78. The third kappa shape index (κ3) is 5.40. The highest BCUT2D eigenvalue weighted by molar-refractivity contribution is 5.29. The van der Waals surface area contributed by atoms with Crippen LogP contribution in [0.3, 0.4) is 0 Å². The van der Waals surface area contributed by atoms with Gasteiger partial charge in [0.15, 0.2) is 0 Å². The van der Waals surface area contributed by atoms with Crippen LogP contribution in [0.4, 0.5) is 0 Å². The van der Waals surface area contributed by atoms with Gasteiger partial charge in [-0.15, -0.1) is 0 Å². The lowest BCUT2D eigenvalue weighted by Gasteiger charge is -2.30. The minimum absolute atomic E-state index is 0.306. The first-order valence-electron chi connectivity index (χ1n) is 7.77. The number of aliphatic hydroxyl groups is 1. The van der Waals surface area contributed by atoms with E-state index in [-0.39, 0.29) is 6.10 Å². The Morgan fingerprint density at radius 2 is 1.95 bits per heavy atom. The molecule has 1 saturated heterocycles. The van der Waals surface area contributed by atoms with E-state index in [2.05, 4.69) is 48.9 Å². The summed E-state index contributed by atoms with van der Waals surface area (Å²) in [5, 5.41) is 10.2. The maximum atomic E-state index is 10.2. The van der Waals surface area contributed by atoms with Crippen molar-refractivity contribution in [1.82, 2.24) is 9.80 Å². The highest BCUT2D eigenvalue weighted by Crippen LogP contribution is 2.11. The molecule has 1 aliphatic heterocycles. The lowest BCUT2D eigenvalue weighted by molar-refractivity contribution is 0.00825. The van der Waals surface area contributed by atoms with Gasteiger partial charge in [-0.2, -0.15) is 0 Å². The van der Waals surface area contributed by atoms with Gasteiger partial charge >= 0.3 is 0 Å². The predicted octanol–water partition coefficient (Wildman–Crippen LogP) is 1.43. The number of nitrogens with zero attached hydrogens (tertiary/aromatic N) is 2. The smallest absolute Gasteiger partial charge is 0.0793 e. The average molecular weight is 292 g/mol. The summed E-state index contributed by atoms with van der Waals surface area (Å²) < 4.78 is 5.33. The van der Waals surface area contributed by atoms with Gasteiger partial charge in [0.25, 0.3) is 0 Å². The maximum absolute atomic E-state index is 10.2. The van der Waals surface area contributed by atoms with Crippen molar-refractivity contribution in [3.05, 3.63) is 34.9 Å². The Hall–Kier alpha value is -0.940. The molecule has 4 heteroatoms. The average Bonchev–Trinajstić information content (AvgIpc) is 2.43. The number of likely N-dealkylation sites (N-methyl/N-ethyl adjacent to an activating group) is 1. The molecule has 1 heterocycles.